The highest BCUT2D eigenvalue weighted by atomic mass is 16.1. The number of benzene rings is 1. The molecule has 0 aliphatic rings. The third kappa shape index (κ3) is 1.71. The number of fused-ring (bicyclic) bond motifs is 1. The Kier molecular flexibility index (Phi) is 2.52. The van der Waals surface area contributed by atoms with Crippen LogP contribution in [-0.2, 0) is 4.79 Å². The molecule has 0 saturated carbocycles. The molecule has 4 nitrogen and oxygen atoms in total. The molecule has 1 heterocycles. The van der Waals surface area contributed by atoms with Crippen LogP contribution in [0.1, 0.15) is 12.5 Å². The lowest BCUT2D eigenvalue weighted by molar-refractivity contribution is -0.114. The average molecular weight is 211 g/mol. The molecule has 0 aliphatic heterocycles. The smallest absolute Gasteiger partial charge is 0.221 e. The van der Waals surface area contributed by atoms with E-state index in [0.717, 1.165) is 5.39 Å². The van der Waals surface area contributed by atoms with E-state index in [1.165, 1.54) is 6.92 Å². The summed E-state index contributed by atoms with van der Waals surface area (Å²) in [5.74, 6) is -0.213. The maximum Gasteiger partial charge on any atom is 0.221 e. The molecule has 2 aromatic rings. The highest BCUT2D eigenvalue weighted by Crippen LogP contribution is 2.24. The van der Waals surface area contributed by atoms with Crippen molar-refractivity contribution in [2.24, 2.45) is 0 Å². The van der Waals surface area contributed by atoms with Crippen molar-refractivity contribution in [2.75, 3.05) is 5.32 Å². The first kappa shape index (κ1) is 10.1. The summed E-state index contributed by atoms with van der Waals surface area (Å²) in [5, 5.41) is 12.5. The minimum atomic E-state index is -0.213. The van der Waals surface area contributed by atoms with E-state index >= 15 is 0 Å². The van der Waals surface area contributed by atoms with Gasteiger partial charge in [0.05, 0.1) is 16.8 Å². The third-order valence-corrected chi connectivity index (χ3v) is 2.20. The molecule has 0 saturated heterocycles. The van der Waals surface area contributed by atoms with Crippen molar-refractivity contribution in [1.82, 2.24) is 4.98 Å². The molecule has 4 heteroatoms. The van der Waals surface area contributed by atoms with E-state index in [9.17, 15) is 4.79 Å². The van der Waals surface area contributed by atoms with Crippen molar-refractivity contribution >= 4 is 22.5 Å². The number of nitriles is 1. The van der Waals surface area contributed by atoms with Crippen molar-refractivity contribution in [3.05, 3.63) is 36.0 Å². The van der Waals surface area contributed by atoms with Crippen LogP contribution >= 0.6 is 0 Å². The van der Waals surface area contributed by atoms with Crippen LogP contribution in [0.2, 0.25) is 0 Å². The maximum atomic E-state index is 11.1. The Morgan fingerprint density at radius 1 is 1.44 bits per heavy atom. The van der Waals surface area contributed by atoms with Crippen LogP contribution in [0, 0.1) is 11.3 Å². The molecular weight excluding hydrogens is 202 g/mol. The minimum absolute atomic E-state index is 0.213. The zero-order valence-electron chi connectivity index (χ0n) is 8.69. The maximum absolute atomic E-state index is 11.1. The number of nitrogens with zero attached hydrogens (tertiary/aromatic N) is 2. The van der Waals surface area contributed by atoms with E-state index in [1.807, 2.05) is 24.3 Å². The molecule has 2 rings (SSSR count). The molecule has 0 spiro atoms. The molecule has 0 aliphatic carbocycles. The van der Waals surface area contributed by atoms with Crippen LogP contribution < -0.4 is 5.32 Å². The Morgan fingerprint density at radius 2 is 2.25 bits per heavy atom. The summed E-state index contributed by atoms with van der Waals surface area (Å²) in [6.45, 7) is 1.41. The van der Waals surface area contributed by atoms with Gasteiger partial charge in [0.2, 0.25) is 5.91 Å². The van der Waals surface area contributed by atoms with Gasteiger partial charge in [-0.05, 0) is 12.1 Å². The number of rotatable bonds is 1. The quantitative estimate of drug-likeness (QED) is 0.785. The summed E-state index contributed by atoms with van der Waals surface area (Å²) in [5.41, 5.74) is 1.53. The molecule has 0 radical (unpaired) electrons. The van der Waals surface area contributed by atoms with Crippen LogP contribution in [0.5, 0.6) is 0 Å². The molecule has 0 unspecified atom stereocenters. The Balaban J connectivity index is 2.74. The molecule has 1 amide bonds. The fourth-order valence-corrected chi connectivity index (χ4v) is 1.54. The molecule has 16 heavy (non-hydrogen) atoms. The van der Waals surface area contributed by atoms with Gasteiger partial charge < -0.3 is 5.32 Å². The lowest BCUT2D eigenvalue weighted by Crippen LogP contribution is -2.08. The second-order valence-corrected chi connectivity index (χ2v) is 3.36. The Labute approximate surface area is 92.5 Å². The Hall–Kier alpha value is -2.41. The van der Waals surface area contributed by atoms with Gasteiger partial charge in [0.1, 0.15) is 6.07 Å². The van der Waals surface area contributed by atoms with Crippen molar-refractivity contribution in [3.63, 3.8) is 0 Å². The van der Waals surface area contributed by atoms with Crippen LogP contribution in [0.15, 0.2) is 30.5 Å². The van der Waals surface area contributed by atoms with Crippen LogP contribution in [0.25, 0.3) is 10.9 Å². The van der Waals surface area contributed by atoms with E-state index < -0.39 is 0 Å². The first-order valence-corrected chi connectivity index (χ1v) is 4.78. The summed E-state index contributed by atoms with van der Waals surface area (Å²) in [6, 6.07) is 9.22. The van der Waals surface area contributed by atoms with Gasteiger partial charge in [0, 0.05) is 18.5 Å². The second-order valence-electron chi connectivity index (χ2n) is 3.36. The standard InChI is InChI=1S/C12H9N3O/c1-8(16)15-12-10(7-13)5-4-9-3-2-6-14-11(9)12/h2-6H,1H3,(H,15,16). The van der Waals surface area contributed by atoms with Gasteiger partial charge >= 0.3 is 0 Å². The topological polar surface area (TPSA) is 65.8 Å². The molecule has 78 valence electrons. The molecule has 1 aromatic carbocycles. The highest BCUT2D eigenvalue weighted by molar-refractivity contribution is 6.01. The first-order valence-electron chi connectivity index (χ1n) is 4.78. The zero-order chi connectivity index (χ0) is 11.5. The Morgan fingerprint density at radius 3 is 2.94 bits per heavy atom. The van der Waals surface area contributed by atoms with Gasteiger partial charge in [-0.2, -0.15) is 5.26 Å². The van der Waals surface area contributed by atoms with Crippen molar-refractivity contribution in [2.45, 2.75) is 6.92 Å². The summed E-state index contributed by atoms with van der Waals surface area (Å²) < 4.78 is 0. The van der Waals surface area contributed by atoms with Crippen molar-refractivity contribution in [3.8, 4) is 6.07 Å². The molecular formula is C12H9N3O. The number of carbonyl (C=O) groups excluding carboxylic acids is 1. The second kappa shape index (κ2) is 3.99. The molecule has 1 aromatic heterocycles. The molecule has 1 N–H and O–H groups in total. The summed E-state index contributed by atoms with van der Waals surface area (Å²) in [7, 11) is 0. The largest absolute Gasteiger partial charge is 0.323 e. The minimum Gasteiger partial charge on any atom is -0.323 e. The zero-order valence-corrected chi connectivity index (χ0v) is 8.69. The van der Waals surface area contributed by atoms with Gasteiger partial charge in [0.15, 0.2) is 0 Å². The number of hydrogen-bond acceptors (Lipinski definition) is 3. The van der Waals surface area contributed by atoms with Crippen LogP contribution in [0.3, 0.4) is 0 Å². The summed E-state index contributed by atoms with van der Waals surface area (Å²) >= 11 is 0. The molecule has 0 fully saturated rings. The summed E-state index contributed by atoms with van der Waals surface area (Å²) in [4.78, 5) is 15.3. The SMILES string of the molecule is CC(=O)Nc1c(C#N)ccc2cccnc12. The van der Waals surface area contributed by atoms with E-state index in [-0.39, 0.29) is 5.91 Å². The predicted octanol–water partition coefficient (Wildman–Crippen LogP) is 2.06. The van der Waals surface area contributed by atoms with E-state index in [4.69, 9.17) is 5.26 Å². The van der Waals surface area contributed by atoms with Gasteiger partial charge in [-0.25, -0.2) is 0 Å². The fraction of sp³-hybridized carbons (Fsp3) is 0.0833. The van der Waals surface area contributed by atoms with Gasteiger partial charge in [-0.1, -0.05) is 12.1 Å². The lowest BCUT2D eigenvalue weighted by atomic mass is 10.1. The third-order valence-electron chi connectivity index (χ3n) is 2.20. The first-order chi connectivity index (χ1) is 7.72. The van der Waals surface area contributed by atoms with Gasteiger partial charge in [-0.3, -0.25) is 9.78 Å². The average Bonchev–Trinajstić information content (AvgIpc) is 2.29. The molecule has 0 bridgehead atoms. The summed E-state index contributed by atoms with van der Waals surface area (Å²) in [6.07, 6.45) is 1.63. The van der Waals surface area contributed by atoms with Crippen LogP contribution in [-0.4, -0.2) is 10.9 Å². The van der Waals surface area contributed by atoms with Gasteiger partial charge in [-0.15, -0.1) is 0 Å². The van der Waals surface area contributed by atoms with Crippen LogP contribution in [0.4, 0.5) is 5.69 Å². The highest BCUT2D eigenvalue weighted by Gasteiger charge is 2.09. The number of pyridine rings is 1. The number of anilines is 1. The van der Waals surface area contributed by atoms with Crippen molar-refractivity contribution < 1.29 is 4.79 Å². The number of carbonyl (C=O) groups is 1. The monoisotopic (exact) mass is 211 g/mol. The predicted molar refractivity (Wildman–Crippen MR) is 60.8 cm³/mol. The van der Waals surface area contributed by atoms with Gasteiger partial charge in [0.25, 0.3) is 0 Å². The van der Waals surface area contributed by atoms with Crippen molar-refractivity contribution in [1.29, 1.82) is 5.26 Å². The van der Waals surface area contributed by atoms with E-state index in [2.05, 4.69) is 10.3 Å². The number of aromatic nitrogens is 1. The van der Waals surface area contributed by atoms with E-state index in [1.54, 1.807) is 12.3 Å². The lowest BCUT2D eigenvalue weighted by Gasteiger charge is -2.07. The number of nitrogens with one attached hydrogen (secondary N) is 1. The van der Waals surface area contributed by atoms with E-state index in [0.29, 0.717) is 16.8 Å². The fourth-order valence-electron chi connectivity index (χ4n) is 1.54. The normalized spacial score (nSPS) is 9.75. The number of amides is 1. The molecule has 0 atom stereocenters. The number of hydrogen-bond donors (Lipinski definition) is 1. The Bertz CT molecular complexity index is 599.